The van der Waals surface area contributed by atoms with Crippen LogP contribution in [0.2, 0.25) is 0 Å². The van der Waals surface area contributed by atoms with Crippen LogP contribution in [0.25, 0.3) is 0 Å². The molecule has 0 radical (unpaired) electrons. The Morgan fingerprint density at radius 3 is 2.53 bits per heavy atom. The van der Waals surface area contributed by atoms with Gasteiger partial charge in [-0.3, -0.25) is 0 Å². The van der Waals surface area contributed by atoms with E-state index in [2.05, 4.69) is 37.9 Å². The van der Waals surface area contributed by atoms with Gasteiger partial charge in [0.05, 0.1) is 4.83 Å². The Hall–Kier alpha value is -0.190. The topological polar surface area (TPSA) is 0 Å². The summed E-state index contributed by atoms with van der Waals surface area (Å²) in [6.45, 7) is 4.02. The van der Waals surface area contributed by atoms with Crippen molar-refractivity contribution < 1.29 is 4.39 Å². The van der Waals surface area contributed by atoms with Gasteiger partial charge >= 0.3 is 0 Å². The lowest BCUT2D eigenvalue weighted by Crippen LogP contribution is -1.95. The molecule has 0 N–H and O–H groups in total. The first-order chi connectivity index (χ1) is 7.99. The van der Waals surface area contributed by atoms with Crippen molar-refractivity contribution in [2.45, 2.75) is 18.7 Å². The molecule has 1 aromatic carbocycles. The highest BCUT2D eigenvalue weighted by Crippen LogP contribution is 2.41. The van der Waals surface area contributed by atoms with Crippen molar-refractivity contribution in [1.82, 2.24) is 0 Å². The summed E-state index contributed by atoms with van der Waals surface area (Å²) in [7, 11) is 0. The number of rotatable bonds is 2. The molecule has 2 aromatic rings. The van der Waals surface area contributed by atoms with E-state index < -0.39 is 0 Å². The minimum atomic E-state index is -0.171. The Morgan fingerprint density at radius 2 is 1.94 bits per heavy atom. The van der Waals surface area contributed by atoms with E-state index >= 15 is 0 Å². The van der Waals surface area contributed by atoms with E-state index in [1.165, 1.54) is 10.9 Å². The molecule has 0 amide bonds. The molecule has 2 rings (SSSR count). The highest BCUT2D eigenvalue weighted by Gasteiger charge is 2.19. The molecule has 1 heterocycles. The summed E-state index contributed by atoms with van der Waals surface area (Å²) in [6.07, 6.45) is 0. The molecular formula is C13H11Br2FS. The van der Waals surface area contributed by atoms with E-state index in [1.54, 1.807) is 17.4 Å². The number of aryl methyl sites for hydroxylation is 2. The third-order valence-electron chi connectivity index (χ3n) is 2.49. The summed E-state index contributed by atoms with van der Waals surface area (Å²) in [4.78, 5) is 2.21. The molecule has 0 fully saturated rings. The molecule has 0 aliphatic heterocycles. The molecule has 1 aromatic heterocycles. The van der Waals surface area contributed by atoms with E-state index in [-0.39, 0.29) is 10.6 Å². The largest absolute Gasteiger partial charge is 0.207 e. The van der Waals surface area contributed by atoms with Crippen molar-refractivity contribution in [2.24, 2.45) is 0 Å². The normalized spacial score (nSPS) is 12.8. The predicted molar refractivity (Wildman–Crippen MR) is 78.7 cm³/mol. The summed E-state index contributed by atoms with van der Waals surface area (Å²) in [5.74, 6) is -0.171. The van der Waals surface area contributed by atoms with Crippen LogP contribution in [0.5, 0.6) is 0 Å². The smallest absolute Gasteiger partial charge is 0.127 e. The third-order valence-corrected chi connectivity index (χ3v) is 5.78. The van der Waals surface area contributed by atoms with Crippen LogP contribution in [0.3, 0.4) is 0 Å². The van der Waals surface area contributed by atoms with Gasteiger partial charge in [-0.2, -0.15) is 0 Å². The van der Waals surface area contributed by atoms with Gasteiger partial charge in [-0.25, -0.2) is 4.39 Å². The Bertz CT molecular complexity index is 548. The first-order valence-electron chi connectivity index (χ1n) is 5.15. The van der Waals surface area contributed by atoms with Crippen LogP contribution in [0.1, 0.15) is 25.7 Å². The highest BCUT2D eigenvalue weighted by molar-refractivity contribution is 9.11. The third kappa shape index (κ3) is 2.80. The molecule has 90 valence electrons. The number of benzene rings is 1. The molecular weight excluding hydrogens is 367 g/mol. The summed E-state index contributed by atoms with van der Waals surface area (Å²) < 4.78 is 14.8. The van der Waals surface area contributed by atoms with Gasteiger partial charge in [0, 0.05) is 19.8 Å². The van der Waals surface area contributed by atoms with Gasteiger partial charge in [-0.1, -0.05) is 33.6 Å². The Morgan fingerprint density at radius 1 is 1.24 bits per heavy atom. The second kappa shape index (κ2) is 5.21. The van der Waals surface area contributed by atoms with E-state index in [0.29, 0.717) is 5.56 Å². The quantitative estimate of drug-likeness (QED) is 0.584. The van der Waals surface area contributed by atoms with E-state index in [0.717, 1.165) is 14.9 Å². The molecule has 4 heteroatoms. The molecule has 17 heavy (non-hydrogen) atoms. The van der Waals surface area contributed by atoms with Crippen molar-refractivity contribution >= 4 is 43.2 Å². The van der Waals surface area contributed by atoms with Crippen LogP contribution < -0.4 is 0 Å². The van der Waals surface area contributed by atoms with Gasteiger partial charge in [-0.15, -0.1) is 11.3 Å². The van der Waals surface area contributed by atoms with Gasteiger partial charge < -0.3 is 0 Å². The van der Waals surface area contributed by atoms with Crippen molar-refractivity contribution in [3.8, 4) is 0 Å². The van der Waals surface area contributed by atoms with Gasteiger partial charge in [0.2, 0.25) is 0 Å². The minimum absolute atomic E-state index is 0.101. The standard InChI is InChI=1S/C13H11Br2FS/c1-7-3-4-11(16)9(5-7)12(15)13-10(14)6-8(2)17-13/h3-6,12H,1-2H3. The SMILES string of the molecule is Cc1ccc(F)c(C(Br)c2sc(C)cc2Br)c1. The lowest BCUT2D eigenvalue weighted by molar-refractivity contribution is 0.613. The number of thiophene rings is 1. The summed E-state index contributed by atoms with van der Waals surface area (Å²) in [5.41, 5.74) is 1.75. The summed E-state index contributed by atoms with van der Waals surface area (Å²) in [6, 6.07) is 7.25. The second-order valence-corrected chi connectivity index (χ2v) is 7.01. The minimum Gasteiger partial charge on any atom is -0.207 e. The van der Waals surface area contributed by atoms with Crippen LogP contribution >= 0.6 is 43.2 Å². The van der Waals surface area contributed by atoms with Crippen LogP contribution in [-0.2, 0) is 0 Å². The zero-order valence-corrected chi connectivity index (χ0v) is 13.4. The van der Waals surface area contributed by atoms with Crippen molar-refractivity contribution in [3.63, 3.8) is 0 Å². The number of hydrogen-bond donors (Lipinski definition) is 0. The first kappa shape index (κ1) is 13.2. The summed E-state index contributed by atoms with van der Waals surface area (Å²) in [5, 5.41) is 0. The van der Waals surface area contributed by atoms with Gasteiger partial charge in [0.15, 0.2) is 0 Å². The second-order valence-electron chi connectivity index (χ2n) is 3.96. The average Bonchev–Trinajstić information content (AvgIpc) is 2.60. The van der Waals surface area contributed by atoms with E-state index in [9.17, 15) is 4.39 Å². The summed E-state index contributed by atoms with van der Waals surface area (Å²) >= 11 is 8.77. The molecule has 0 aliphatic carbocycles. The molecule has 1 unspecified atom stereocenters. The average molecular weight is 378 g/mol. The maximum Gasteiger partial charge on any atom is 0.127 e. The number of alkyl halides is 1. The van der Waals surface area contributed by atoms with Gasteiger partial charge in [-0.05, 0) is 41.9 Å². The predicted octanol–water partition coefficient (Wildman–Crippen LogP) is 5.75. The van der Waals surface area contributed by atoms with Crippen LogP contribution in [0.15, 0.2) is 28.7 Å². The molecule has 0 nitrogen and oxygen atoms in total. The maximum atomic E-state index is 13.8. The molecule has 0 saturated heterocycles. The zero-order chi connectivity index (χ0) is 12.6. The van der Waals surface area contributed by atoms with Crippen LogP contribution in [-0.4, -0.2) is 0 Å². The zero-order valence-electron chi connectivity index (χ0n) is 9.43. The monoisotopic (exact) mass is 376 g/mol. The molecule has 0 saturated carbocycles. The number of halogens is 3. The van der Waals surface area contributed by atoms with Crippen molar-refractivity contribution in [2.75, 3.05) is 0 Å². The lowest BCUT2D eigenvalue weighted by Gasteiger charge is -2.11. The van der Waals surface area contributed by atoms with Crippen molar-refractivity contribution in [3.05, 3.63) is 55.4 Å². The highest BCUT2D eigenvalue weighted by atomic mass is 79.9. The Kier molecular flexibility index (Phi) is 4.06. The molecule has 0 bridgehead atoms. The molecule has 0 aliphatic rings. The molecule has 0 spiro atoms. The van der Waals surface area contributed by atoms with Gasteiger partial charge in [0.25, 0.3) is 0 Å². The van der Waals surface area contributed by atoms with Crippen molar-refractivity contribution in [1.29, 1.82) is 0 Å². The maximum absolute atomic E-state index is 13.8. The fourth-order valence-corrected chi connectivity index (χ4v) is 4.73. The van der Waals surface area contributed by atoms with E-state index in [4.69, 9.17) is 0 Å². The van der Waals surface area contributed by atoms with E-state index in [1.807, 2.05) is 19.9 Å². The Balaban J connectivity index is 2.46. The lowest BCUT2D eigenvalue weighted by atomic mass is 10.1. The fourth-order valence-electron chi connectivity index (χ4n) is 1.67. The van der Waals surface area contributed by atoms with Crippen LogP contribution in [0.4, 0.5) is 4.39 Å². The Labute approximate surface area is 121 Å². The van der Waals surface area contributed by atoms with Crippen LogP contribution in [0, 0.1) is 19.7 Å². The fraction of sp³-hybridized carbons (Fsp3) is 0.231. The molecule has 1 atom stereocenters. The number of hydrogen-bond acceptors (Lipinski definition) is 1. The van der Waals surface area contributed by atoms with Gasteiger partial charge in [0.1, 0.15) is 5.82 Å². The first-order valence-corrected chi connectivity index (χ1v) is 7.67.